The van der Waals surface area contributed by atoms with Gasteiger partial charge in [-0.05, 0) is 91.8 Å². The summed E-state index contributed by atoms with van der Waals surface area (Å²) in [5.41, 5.74) is 4.00. The molecule has 0 radical (unpaired) electrons. The van der Waals surface area contributed by atoms with Crippen LogP contribution in [-0.2, 0) is 23.0 Å². The molecule has 2 saturated heterocycles. The van der Waals surface area contributed by atoms with E-state index in [0.717, 1.165) is 62.8 Å². The second-order valence-electron chi connectivity index (χ2n) is 16.4. The number of carbonyl (C=O) groups is 2. The fraction of sp³-hybridized carbons (Fsp3) is 0.429. The summed E-state index contributed by atoms with van der Waals surface area (Å²) in [6.07, 6.45) is 7.83. The number of carbonyl (C=O) groups excluding carboxylic acids is 2. The van der Waals surface area contributed by atoms with Crippen LogP contribution in [0.4, 0.5) is 25.1 Å². The second kappa shape index (κ2) is 15.2. The molecule has 4 heterocycles. The second-order valence-corrected chi connectivity index (χ2v) is 17.7. The Kier molecular flexibility index (Phi) is 10.0. The molecule has 2 N–H and O–H groups in total. The van der Waals surface area contributed by atoms with Crippen LogP contribution < -0.4 is 19.7 Å². The molecular formula is C42H44F2N10O4S. The van der Waals surface area contributed by atoms with E-state index in [1.165, 1.54) is 23.1 Å². The Labute approximate surface area is 342 Å². The topological polar surface area (TPSA) is 162 Å². The van der Waals surface area contributed by atoms with E-state index in [0.29, 0.717) is 46.1 Å². The maximum Gasteiger partial charge on any atom is 0.329 e. The van der Waals surface area contributed by atoms with Gasteiger partial charge >= 0.3 is 6.03 Å². The zero-order chi connectivity index (χ0) is 41.2. The molecule has 1 spiro atoms. The number of ether oxygens (including phenoxy) is 1. The number of anilines is 2. The quantitative estimate of drug-likeness (QED) is 0.155. The van der Waals surface area contributed by atoms with E-state index in [1.807, 2.05) is 25.3 Å². The summed E-state index contributed by atoms with van der Waals surface area (Å²) in [6, 6.07) is 12.9. The number of likely N-dealkylation sites (tertiary alicyclic amines) is 1. The predicted molar refractivity (Wildman–Crippen MR) is 218 cm³/mol. The molecule has 9 rings (SSSR count). The van der Waals surface area contributed by atoms with E-state index in [2.05, 4.69) is 25.0 Å². The van der Waals surface area contributed by atoms with E-state index in [9.17, 15) is 19.1 Å². The normalized spacial score (nSPS) is 21.3. The van der Waals surface area contributed by atoms with Gasteiger partial charge in [-0.2, -0.15) is 10.4 Å². The molecule has 14 nitrogen and oxygen atoms in total. The average Bonchev–Trinajstić information content (AvgIpc) is 3.51. The van der Waals surface area contributed by atoms with Crippen molar-refractivity contribution >= 4 is 56.6 Å². The third-order valence-electron chi connectivity index (χ3n) is 12.7. The third kappa shape index (κ3) is 7.16. The largest absolute Gasteiger partial charge is 0.453 e. The van der Waals surface area contributed by atoms with Crippen LogP contribution in [0.25, 0.3) is 21.9 Å². The summed E-state index contributed by atoms with van der Waals surface area (Å²) in [4.78, 5) is 37.8. The molecule has 3 aromatic carbocycles. The van der Waals surface area contributed by atoms with Crippen molar-refractivity contribution in [1.29, 1.82) is 5.26 Å². The van der Waals surface area contributed by atoms with Crippen molar-refractivity contribution in [2.75, 3.05) is 42.8 Å². The fourth-order valence-corrected chi connectivity index (χ4v) is 10.1. The Morgan fingerprint density at radius 2 is 1.83 bits per heavy atom. The van der Waals surface area contributed by atoms with Gasteiger partial charge in [-0.1, -0.05) is 6.92 Å². The summed E-state index contributed by atoms with van der Waals surface area (Å²) in [5, 5.41) is 17.3. The highest BCUT2D eigenvalue weighted by atomic mass is 32.2. The van der Waals surface area contributed by atoms with Crippen molar-refractivity contribution in [3.05, 3.63) is 77.1 Å². The molecule has 2 aromatic heterocycles. The summed E-state index contributed by atoms with van der Waals surface area (Å²) in [6.45, 7) is 4.62. The Morgan fingerprint density at radius 3 is 2.56 bits per heavy atom. The van der Waals surface area contributed by atoms with Crippen molar-refractivity contribution < 1.29 is 27.3 Å². The molecule has 1 atom stereocenters. The van der Waals surface area contributed by atoms with E-state index in [-0.39, 0.29) is 58.9 Å². The van der Waals surface area contributed by atoms with Crippen LogP contribution in [0.3, 0.4) is 0 Å². The first-order valence-corrected chi connectivity index (χ1v) is 21.1. The number of imide groups is 1. The lowest BCUT2D eigenvalue weighted by Crippen LogP contribution is -2.64. The van der Waals surface area contributed by atoms with Crippen LogP contribution in [0.2, 0.25) is 0 Å². The minimum atomic E-state index is -1.63. The number of rotatable bonds is 10. The first-order valence-electron chi connectivity index (χ1n) is 20.0. The van der Waals surface area contributed by atoms with Crippen LogP contribution >= 0.6 is 0 Å². The molecule has 2 aliphatic carbocycles. The molecule has 17 heteroatoms. The molecule has 5 aromatic rings. The molecule has 0 bridgehead atoms. The minimum absolute atomic E-state index is 0.0937. The Balaban J connectivity index is 0.808. The van der Waals surface area contributed by atoms with Crippen molar-refractivity contribution in [2.24, 2.45) is 12.5 Å². The number of nitrogens with zero attached hydrogens (tertiary/aromatic N) is 8. The number of halogens is 2. The number of benzene rings is 3. The standard InChI is InChI=1S/C42H44F2N10O4S/c1-4-51(2)59(57)50-33-12-10-31(43)39(30(33)20-45)58-27-9-11-34-35(15-27)47-36(21-46-34)25-18-42(19-25)22-53(23-42)26-7-5-24(6-8-26)28-17-37-29(16-32(28)44)40(49-52(37)3)54-14-13-38(55)48-41(54)56/h9-12,15-17,21,24-26,50H,4-8,13-14,18-19,22-23H2,1-3H3,(H,48,55,56). The smallest absolute Gasteiger partial charge is 0.329 e. The third-order valence-corrected chi connectivity index (χ3v) is 13.9. The average molecular weight is 823 g/mol. The van der Waals surface area contributed by atoms with Crippen molar-refractivity contribution in [3.63, 3.8) is 0 Å². The Bertz CT molecular complexity index is 2570. The zero-order valence-corrected chi connectivity index (χ0v) is 33.8. The molecule has 59 heavy (non-hydrogen) atoms. The Morgan fingerprint density at radius 1 is 1.05 bits per heavy atom. The Hall–Kier alpha value is -5.57. The highest BCUT2D eigenvalue weighted by Crippen LogP contribution is 2.57. The van der Waals surface area contributed by atoms with Gasteiger partial charge in [0.1, 0.15) is 23.2 Å². The number of urea groups is 1. The number of aryl methyl sites for hydroxylation is 1. The number of hydrogen-bond donors (Lipinski definition) is 2. The highest BCUT2D eigenvalue weighted by Gasteiger charge is 2.54. The molecule has 2 aliphatic heterocycles. The van der Waals surface area contributed by atoms with Crippen LogP contribution in [0.1, 0.15) is 80.5 Å². The number of hydrogen-bond acceptors (Lipinski definition) is 9. The molecule has 2 saturated carbocycles. The van der Waals surface area contributed by atoms with E-state index in [4.69, 9.17) is 9.72 Å². The van der Waals surface area contributed by atoms with Crippen LogP contribution in [-0.4, -0.2) is 84.4 Å². The van der Waals surface area contributed by atoms with E-state index in [1.54, 1.807) is 41.3 Å². The lowest BCUT2D eigenvalue weighted by atomic mass is 9.56. The van der Waals surface area contributed by atoms with Crippen LogP contribution in [0.5, 0.6) is 11.5 Å². The highest BCUT2D eigenvalue weighted by molar-refractivity contribution is 7.84. The van der Waals surface area contributed by atoms with Crippen molar-refractivity contribution in [1.82, 2.24) is 34.3 Å². The van der Waals surface area contributed by atoms with Crippen LogP contribution in [0.15, 0.2) is 48.7 Å². The summed E-state index contributed by atoms with van der Waals surface area (Å²) >= 11 is -1.63. The van der Waals surface area contributed by atoms with Gasteiger partial charge in [-0.15, -0.1) is 0 Å². The summed E-state index contributed by atoms with van der Waals surface area (Å²) < 4.78 is 55.3. The van der Waals surface area contributed by atoms with Gasteiger partial charge in [0.15, 0.2) is 28.6 Å². The monoisotopic (exact) mass is 822 g/mol. The summed E-state index contributed by atoms with van der Waals surface area (Å²) in [7, 11) is 3.45. The lowest BCUT2D eigenvalue weighted by Gasteiger charge is -2.61. The van der Waals surface area contributed by atoms with Gasteiger partial charge in [-0.3, -0.25) is 34.3 Å². The van der Waals surface area contributed by atoms with Gasteiger partial charge in [-0.25, -0.2) is 27.1 Å². The molecule has 4 aliphatic rings. The van der Waals surface area contributed by atoms with Gasteiger partial charge < -0.3 is 4.74 Å². The number of fused-ring (bicyclic) bond motifs is 2. The SMILES string of the molecule is CCN(C)S(=O)Nc1ccc(F)c(Oc2ccc3ncc(C4CC5(C4)CN(C4CCC(c6cc7c(cc6F)c(N6CCC(=O)NC6=O)nn7C)CC4)C5)nc3c2)c1C#N. The van der Waals surface area contributed by atoms with Crippen molar-refractivity contribution in [2.45, 2.75) is 69.7 Å². The number of nitriles is 1. The van der Waals surface area contributed by atoms with E-state index >= 15 is 8.78 Å². The number of nitrogens with one attached hydrogen (secondary N) is 2. The van der Waals surface area contributed by atoms with Gasteiger partial charge in [0.05, 0.1) is 27.9 Å². The lowest BCUT2D eigenvalue weighted by molar-refractivity contribution is -0.120. The number of aromatic nitrogens is 4. The molecule has 1 unspecified atom stereocenters. The number of amides is 3. The first kappa shape index (κ1) is 38.9. The van der Waals surface area contributed by atoms with Gasteiger partial charge in [0.25, 0.3) is 0 Å². The maximum absolute atomic E-state index is 15.7. The van der Waals surface area contributed by atoms with Crippen LogP contribution in [0, 0.1) is 28.4 Å². The minimum Gasteiger partial charge on any atom is -0.453 e. The molecule has 3 amide bonds. The molecular weight excluding hydrogens is 779 g/mol. The fourth-order valence-electron chi connectivity index (χ4n) is 9.36. The maximum atomic E-state index is 15.7. The van der Waals surface area contributed by atoms with E-state index < -0.39 is 23.0 Å². The summed E-state index contributed by atoms with van der Waals surface area (Å²) in [5.74, 6) is -0.566. The predicted octanol–water partition coefficient (Wildman–Crippen LogP) is 6.75. The molecule has 306 valence electrons. The van der Waals surface area contributed by atoms with Gasteiger partial charge in [0, 0.05) is 76.3 Å². The first-order chi connectivity index (χ1) is 28.4. The van der Waals surface area contributed by atoms with Gasteiger partial charge in [0.2, 0.25) is 5.91 Å². The zero-order valence-electron chi connectivity index (χ0n) is 33.0. The molecule has 4 fully saturated rings. The van der Waals surface area contributed by atoms with Crippen molar-refractivity contribution in [3.8, 4) is 17.6 Å².